The molecule has 0 amide bonds. The average molecular weight is 316 g/mol. The Bertz CT molecular complexity index is 662. The molecule has 2 aromatic rings. The summed E-state index contributed by atoms with van der Waals surface area (Å²) in [5, 5.41) is 4.20. The quantitative estimate of drug-likeness (QED) is 0.733. The van der Waals surface area contributed by atoms with Crippen molar-refractivity contribution in [1.29, 1.82) is 0 Å². The summed E-state index contributed by atoms with van der Waals surface area (Å²) in [6.07, 6.45) is 3.56. The highest BCUT2D eigenvalue weighted by Crippen LogP contribution is 2.20. The molecule has 0 radical (unpaired) electrons. The average Bonchev–Trinajstić information content (AvgIpc) is 2.91. The lowest BCUT2D eigenvalue weighted by Crippen LogP contribution is -2.16. The van der Waals surface area contributed by atoms with E-state index in [9.17, 15) is 4.79 Å². The van der Waals surface area contributed by atoms with Crippen molar-refractivity contribution >= 4 is 5.97 Å². The van der Waals surface area contributed by atoms with Gasteiger partial charge < -0.3 is 9.47 Å². The molecular formula is C18H24N2O3. The van der Waals surface area contributed by atoms with Crippen molar-refractivity contribution in [3.63, 3.8) is 0 Å². The van der Waals surface area contributed by atoms with Crippen LogP contribution in [0, 0.1) is 0 Å². The molecule has 23 heavy (non-hydrogen) atoms. The van der Waals surface area contributed by atoms with Crippen molar-refractivity contribution in [2.45, 2.75) is 46.3 Å². The van der Waals surface area contributed by atoms with Crippen LogP contribution in [0.3, 0.4) is 0 Å². The van der Waals surface area contributed by atoms with E-state index in [0.29, 0.717) is 18.1 Å². The molecule has 5 nitrogen and oxygen atoms in total. The zero-order valence-corrected chi connectivity index (χ0v) is 14.2. The second kappa shape index (κ2) is 7.81. The van der Waals surface area contributed by atoms with Crippen LogP contribution in [0.25, 0.3) is 0 Å². The van der Waals surface area contributed by atoms with Crippen LogP contribution in [0.15, 0.2) is 30.5 Å². The van der Waals surface area contributed by atoms with Gasteiger partial charge in [-0.3, -0.25) is 4.68 Å². The van der Waals surface area contributed by atoms with Crippen LogP contribution in [0.2, 0.25) is 0 Å². The van der Waals surface area contributed by atoms with Gasteiger partial charge in [-0.1, -0.05) is 25.5 Å². The third-order valence-electron chi connectivity index (χ3n) is 3.41. The van der Waals surface area contributed by atoms with Gasteiger partial charge in [-0.05, 0) is 31.9 Å². The Morgan fingerprint density at radius 3 is 2.70 bits per heavy atom. The van der Waals surface area contributed by atoms with Gasteiger partial charge in [0, 0.05) is 24.9 Å². The maximum Gasteiger partial charge on any atom is 0.338 e. The fourth-order valence-corrected chi connectivity index (χ4v) is 2.39. The van der Waals surface area contributed by atoms with E-state index >= 15 is 0 Å². The number of ether oxygens (including phenoxy) is 2. The molecule has 5 heteroatoms. The lowest BCUT2D eigenvalue weighted by Gasteiger charge is -2.15. The monoisotopic (exact) mass is 316 g/mol. The Morgan fingerprint density at radius 1 is 1.30 bits per heavy atom. The third-order valence-corrected chi connectivity index (χ3v) is 3.41. The number of carbonyl (C=O) groups is 1. The summed E-state index contributed by atoms with van der Waals surface area (Å²) in [6.45, 7) is 6.11. The number of aromatic nitrogens is 2. The number of carbonyl (C=O) groups excluding carboxylic acids is 1. The Morgan fingerprint density at radius 2 is 2.09 bits per heavy atom. The maximum absolute atomic E-state index is 12.4. The number of rotatable bonds is 7. The van der Waals surface area contributed by atoms with E-state index < -0.39 is 0 Å². The van der Waals surface area contributed by atoms with Gasteiger partial charge in [0.05, 0.1) is 11.7 Å². The first-order chi connectivity index (χ1) is 11.0. The van der Waals surface area contributed by atoms with Gasteiger partial charge >= 0.3 is 5.97 Å². The molecule has 0 spiro atoms. The normalized spacial score (nSPS) is 10.8. The Hall–Kier alpha value is -2.30. The van der Waals surface area contributed by atoms with E-state index in [1.54, 1.807) is 16.8 Å². The van der Waals surface area contributed by atoms with E-state index in [4.69, 9.17) is 9.47 Å². The number of benzene rings is 1. The maximum atomic E-state index is 12.4. The number of hydrogen-bond acceptors (Lipinski definition) is 4. The SMILES string of the molecule is CCCc1cccc(C(=O)OC(C)C)c1COc1ccn(C)n1. The van der Waals surface area contributed by atoms with Crippen LogP contribution in [0.4, 0.5) is 0 Å². The van der Waals surface area contributed by atoms with Crippen molar-refractivity contribution in [2.24, 2.45) is 7.05 Å². The van der Waals surface area contributed by atoms with Gasteiger partial charge in [0.2, 0.25) is 5.88 Å². The summed E-state index contributed by atoms with van der Waals surface area (Å²) in [4.78, 5) is 12.4. The first-order valence-corrected chi connectivity index (χ1v) is 7.95. The summed E-state index contributed by atoms with van der Waals surface area (Å²) in [7, 11) is 1.84. The molecule has 0 atom stereocenters. The number of nitrogens with zero attached hydrogens (tertiary/aromatic N) is 2. The molecule has 0 fully saturated rings. The summed E-state index contributed by atoms with van der Waals surface area (Å²) in [5.41, 5.74) is 2.56. The zero-order valence-electron chi connectivity index (χ0n) is 14.2. The van der Waals surface area contributed by atoms with E-state index in [-0.39, 0.29) is 12.1 Å². The second-order valence-corrected chi connectivity index (χ2v) is 5.76. The lowest BCUT2D eigenvalue weighted by molar-refractivity contribution is 0.0374. The van der Waals surface area contributed by atoms with Crippen molar-refractivity contribution in [2.75, 3.05) is 0 Å². The predicted octanol–water partition coefficient (Wildman–Crippen LogP) is 3.52. The minimum Gasteiger partial charge on any atom is -0.472 e. The molecule has 0 unspecified atom stereocenters. The minimum atomic E-state index is -0.308. The molecule has 1 aromatic heterocycles. The summed E-state index contributed by atoms with van der Waals surface area (Å²) in [5.74, 6) is 0.236. The zero-order chi connectivity index (χ0) is 16.8. The molecule has 0 aliphatic rings. The van der Waals surface area contributed by atoms with Gasteiger partial charge in [-0.15, -0.1) is 5.10 Å². The molecule has 2 rings (SSSR count). The molecule has 0 aliphatic carbocycles. The molecule has 0 aliphatic heterocycles. The fourth-order valence-electron chi connectivity index (χ4n) is 2.39. The van der Waals surface area contributed by atoms with Crippen LogP contribution in [0.5, 0.6) is 5.88 Å². The highest BCUT2D eigenvalue weighted by atomic mass is 16.5. The number of hydrogen-bond donors (Lipinski definition) is 0. The largest absolute Gasteiger partial charge is 0.472 e. The molecule has 0 N–H and O–H groups in total. The molecule has 0 saturated carbocycles. The summed E-state index contributed by atoms with van der Waals surface area (Å²) in [6, 6.07) is 7.52. The Balaban J connectivity index is 2.26. The molecule has 0 saturated heterocycles. The fraction of sp³-hybridized carbons (Fsp3) is 0.444. The smallest absolute Gasteiger partial charge is 0.338 e. The van der Waals surface area contributed by atoms with Crippen molar-refractivity contribution in [3.8, 4) is 5.88 Å². The van der Waals surface area contributed by atoms with Crippen LogP contribution >= 0.6 is 0 Å². The van der Waals surface area contributed by atoms with Gasteiger partial charge in [0.1, 0.15) is 6.61 Å². The van der Waals surface area contributed by atoms with Crippen molar-refractivity contribution < 1.29 is 14.3 Å². The number of aryl methyl sites for hydroxylation is 2. The van der Waals surface area contributed by atoms with E-state index in [1.807, 2.05) is 39.2 Å². The van der Waals surface area contributed by atoms with Gasteiger partial charge in [-0.25, -0.2) is 4.79 Å². The van der Waals surface area contributed by atoms with E-state index in [2.05, 4.69) is 12.0 Å². The van der Waals surface area contributed by atoms with Crippen LogP contribution in [0.1, 0.15) is 48.7 Å². The van der Waals surface area contributed by atoms with Crippen LogP contribution < -0.4 is 4.74 Å². The molecule has 1 aromatic carbocycles. The first kappa shape index (κ1) is 17.1. The molecule has 124 valence electrons. The minimum absolute atomic E-state index is 0.151. The summed E-state index contributed by atoms with van der Waals surface area (Å²) >= 11 is 0. The topological polar surface area (TPSA) is 53.4 Å². The van der Waals surface area contributed by atoms with E-state index in [0.717, 1.165) is 24.0 Å². The lowest BCUT2D eigenvalue weighted by atomic mass is 9.98. The molecular weight excluding hydrogens is 292 g/mol. The van der Waals surface area contributed by atoms with Gasteiger partial charge in [-0.2, -0.15) is 0 Å². The highest BCUT2D eigenvalue weighted by Gasteiger charge is 2.17. The van der Waals surface area contributed by atoms with E-state index in [1.165, 1.54) is 0 Å². The van der Waals surface area contributed by atoms with Gasteiger partial charge in [0.15, 0.2) is 0 Å². The number of esters is 1. The predicted molar refractivity (Wildman–Crippen MR) is 88.5 cm³/mol. The van der Waals surface area contributed by atoms with Gasteiger partial charge in [0.25, 0.3) is 0 Å². The Kier molecular flexibility index (Phi) is 5.79. The highest BCUT2D eigenvalue weighted by molar-refractivity contribution is 5.91. The summed E-state index contributed by atoms with van der Waals surface area (Å²) < 4.78 is 12.8. The third kappa shape index (κ3) is 4.58. The standard InChI is InChI=1S/C18H24N2O3/c1-5-7-14-8-6-9-15(18(21)23-13(2)3)16(14)12-22-17-10-11-20(4)19-17/h6,8-11,13H,5,7,12H2,1-4H3. The van der Waals surface area contributed by atoms with Crippen molar-refractivity contribution in [1.82, 2.24) is 9.78 Å². The molecule has 0 bridgehead atoms. The Labute approximate surface area is 137 Å². The molecule has 1 heterocycles. The van der Waals surface area contributed by atoms with Crippen LogP contribution in [-0.4, -0.2) is 21.9 Å². The second-order valence-electron chi connectivity index (χ2n) is 5.76. The van der Waals surface area contributed by atoms with Crippen LogP contribution in [-0.2, 0) is 24.8 Å². The first-order valence-electron chi connectivity index (χ1n) is 7.95. The van der Waals surface area contributed by atoms with Crippen molar-refractivity contribution in [3.05, 3.63) is 47.2 Å².